The molecule has 106 valence electrons. The van der Waals surface area contributed by atoms with E-state index in [9.17, 15) is 4.79 Å². The summed E-state index contributed by atoms with van der Waals surface area (Å²) < 4.78 is 0. The molecule has 0 saturated carbocycles. The number of anilines is 2. The van der Waals surface area contributed by atoms with Crippen molar-refractivity contribution < 1.29 is 4.79 Å². The van der Waals surface area contributed by atoms with E-state index < -0.39 is 0 Å². The van der Waals surface area contributed by atoms with Gasteiger partial charge >= 0.3 is 0 Å². The molecule has 0 atom stereocenters. The lowest BCUT2D eigenvalue weighted by Gasteiger charge is -2.08. The Balaban J connectivity index is 2.12. The van der Waals surface area contributed by atoms with Crippen molar-refractivity contribution in [2.45, 2.75) is 6.92 Å². The summed E-state index contributed by atoms with van der Waals surface area (Å²) in [6.07, 6.45) is 0. The number of halogens is 1. The van der Waals surface area contributed by atoms with Crippen LogP contribution in [0.1, 0.15) is 22.8 Å². The summed E-state index contributed by atoms with van der Waals surface area (Å²) in [6, 6.07) is 13.9. The van der Waals surface area contributed by atoms with Gasteiger partial charge in [0.25, 0.3) is 5.91 Å². The average Bonchev–Trinajstić information content (AvgIpc) is 2.50. The lowest BCUT2D eigenvalue weighted by Crippen LogP contribution is -2.12. The molecule has 21 heavy (non-hydrogen) atoms. The van der Waals surface area contributed by atoms with Gasteiger partial charge in [0.15, 0.2) is 0 Å². The molecule has 2 N–H and O–H groups in total. The number of rotatable bonds is 4. The van der Waals surface area contributed by atoms with E-state index in [1.165, 1.54) is 6.07 Å². The first kappa shape index (κ1) is 14.9. The average molecular weight is 300 g/mol. The van der Waals surface area contributed by atoms with Crippen molar-refractivity contribution in [3.8, 4) is 6.07 Å². The van der Waals surface area contributed by atoms with E-state index in [0.29, 0.717) is 21.8 Å². The molecule has 0 fully saturated rings. The Hall–Kier alpha value is -2.51. The zero-order chi connectivity index (χ0) is 15.2. The van der Waals surface area contributed by atoms with Crippen molar-refractivity contribution in [1.82, 2.24) is 0 Å². The van der Waals surface area contributed by atoms with Crippen LogP contribution in [-0.2, 0) is 0 Å². The van der Waals surface area contributed by atoms with Gasteiger partial charge in [0, 0.05) is 17.8 Å². The molecule has 2 aromatic rings. The van der Waals surface area contributed by atoms with E-state index >= 15 is 0 Å². The Morgan fingerprint density at radius 1 is 1.24 bits per heavy atom. The second-order valence-electron chi connectivity index (χ2n) is 4.37. The summed E-state index contributed by atoms with van der Waals surface area (Å²) in [5, 5.41) is 15.0. The van der Waals surface area contributed by atoms with Crippen molar-refractivity contribution >= 4 is 28.9 Å². The van der Waals surface area contributed by atoms with Gasteiger partial charge in [-0.05, 0) is 49.4 Å². The fraction of sp³-hybridized carbons (Fsp3) is 0.125. The number of carbonyl (C=O) groups is 1. The van der Waals surface area contributed by atoms with Crippen LogP contribution in [-0.4, -0.2) is 12.5 Å². The van der Waals surface area contributed by atoms with E-state index in [0.717, 1.165) is 12.2 Å². The van der Waals surface area contributed by atoms with Crippen LogP contribution >= 0.6 is 11.6 Å². The Morgan fingerprint density at radius 2 is 1.95 bits per heavy atom. The Labute approximate surface area is 128 Å². The zero-order valence-corrected chi connectivity index (χ0v) is 12.2. The van der Waals surface area contributed by atoms with Gasteiger partial charge in [0.1, 0.15) is 0 Å². The van der Waals surface area contributed by atoms with E-state index in [4.69, 9.17) is 16.9 Å². The minimum Gasteiger partial charge on any atom is -0.385 e. The molecule has 0 radical (unpaired) electrons. The molecule has 0 aliphatic carbocycles. The van der Waals surface area contributed by atoms with Gasteiger partial charge in [-0.1, -0.05) is 11.6 Å². The molecule has 0 bridgehead atoms. The highest BCUT2D eigenvalue weighted by atomic mass is 35.5. The molecule has 0 aliphatic heterocycles. The van der Waals surface area contributed by atoms with Crippen LogP contribution in [0, 0.1) is 11.3 Å². The Kier molecular flexibility index (Phi) is 4.81. The lowest BCUT2D eigenvalue weighted by atomic mass is 10.1. The minimum absolute atomic E-state index is 0.246. The predicted molar refractivity (Wildman–Crippen MR) is 84.7 cm³/mol. The van der Waals surface area contributed by atoms with Crippen LogP contribution in [0.3, 0.4) is 0 Å². The van der Waals surface area contributed by atoms with Gasteiger partial charge in [-0.15, -0.1) is 0 Å². The second-order valence-corrected chi connectivity index (χ2v) is 4.78. The Bertz CT molecular complexity index is 690. The van der Waals surface area contributed by atoms with Gasteiger partial charge in [-0.25, -0.2) is 0 Å². The SMILES string of the molecule is CCNc1ccc(C(=O)Nc2ccc(C#N)cc2Cl)cc1. The van der Waals surface area contributed by atoms with E-state index in [1.54, 1.807) is 24.3 Å². The third kappa shape index (κ3) is 3.74. The van der Waals surface area contributed by atoms with Crippen molar-refractivity contribution in [3.63, 3.8) is 0 Å². The summed E-state index contributed by atoms with van der Waals surface area (Å²) in [4.78, 5) is 12.1. The molecule has 5 heteroatoms. The molecular weight excluding hydrogens is 286 g/mol. The van der Waals surface area contributed by atoms with Crippen LogP contribution < -0.4 is 10.6 Å². The summed E-state index contributed by atoms with van der Waals surface area (Å²) in [5.74, 6) is -0.246. The highest BCUT2D eigenvalue weighted by Gasteiger charge is 2.09. The fourth-order valence-corrected chi connectivity index (χ4v) is 2.05. The number of hydrogen-bond donors (Lipinski definition) is 2. The second kappa shape index (κ2) is 6.78. The molecule has 0 unspecified atom stereocenters. The van der Waals surface area contributed by atoms with Crippen molar-refractivity contribution in [3.05, 3.63) is 58.6 Å². The highest BCUT2D eigenvalue weighted by Crippen LogP contribution is 2.23. The maximum atomic E-state index is 12.1. The largest absolute Gasteiger partial charge is 0.385 e. The predicted octanol–water partition coefficient (Wildman–Crippen LogP) is 3.90. The molecule has 0 heterocycles. The molecule has 1 amide bonds. The minimum atomic E-state index is -0.246. The van der Waals surface area contributed by atoms with Crippen LogP contribution in [0.25, 0.3) is 0 Å². The topological polar surface area (TPSA) is 64.9 Å². The third-order valence-corrected chi connectivity index (χ3v) is 3.19. The molecule has 2 aromatic carbocycles. The maximum Gasteiger partial charge on any atom is 0.255 e. The van der Waals surface area contributed by atoms with E-state index in [-0.39, 0.29) is 5.91 Å². The number of hydrogen-bond acceptors (Lipinski definition) is 3. The van der Waals surface area contributed by atoms with Crippen LogP contribution in [0.2, 0.25) is 5.02 Å². The number of carbonyl (C=O) groups excluding carboxylic acids is 1. The number of nitriles is 1. The van der Waals surface area contributed by atoms with E-state index in [2.05, 4.69) is 10.6 Å². The highest BCUT2D eigenvalue weighted by molar-refractivity contribution is 6.34. The first-order valence-electron chi connectivity index (χ1n) is 6.49. The van der Waals surface area contributed by atoms with Gasteiger partial charge in [0.05, 0.1) is 22.3 Å². The van der Waals surface area contributed by atoms with Crippen molar-refractivity contribution in [1.29, 1.82) is 5.26 Å². The lowest BCUT2D eigenvalue weighted by molar-refractivity contribution is 0.102. The van der Waals surface area contributed by atoms with Gasteiger partial charge in [-0.2, -0.15) is 5.26 Å². The Morgan fingerprint density at radius 3 is 2.52 bits per heavy atom. The fourth-order valence-electron chi connectivity index (χ4n) is 1.82. The number of benzene rings is 2. The van der Waals surface area contributed by atoms with Gasteiger partial charge < -0.3 is 10.6 Å². The summed E-state index contributed by atoms with van der Waals surface area (Å²) in [5.41, 5.74) is 2.44. The van der Waals surface area contributed by atoms with Gasteiger partial charge in [0.2, 0.25) is 0 Å². The first-order valence-corrected chi connectivity index (χ1v) is 6.86. The zero-order valence-electron chi connectivity index (χ0n) is 11.5. The van der Waals surface area contributed by atoms with Crippen LogP contribution in [0.4, 0.5) is 11.4 Å². The normalized spacial score (nSPS) is 9.76. The van der Waals surface area contributed by atoms with Crippen LogP contribution in [0.15, 0.2) is 42.5 Å². The molecule has 4 nitrogen and oxygen atoms in total. The van der Waals surface area contributed by atoms with E-state index in [1.807, 2.05) is 25.1 Å². The molecule has 0 spiro atoms. The van der Waals surface area contributed by atoms with Gasteiger partial charge in [-0.3, -0.25) is 4.79 Å². The molecule has 0 aromatic heterocycles. The number of nitrogens with zero attached hydrogens (tertiary/aromatic N) is 1. The summed E-state index contributed by atoms with van der Waals surface area (Å²) in [7, 11) is 0. The van der Waals surface area contributed by atoms with Crippen molar-refractivity contribution in [2.75, 3.05) is 17.2 Å². The quantitative estimate of drug-likeness (QED) is 0.900. The molecule has 2 rings (SSSR count). The number of nitrogens with one attached hydrogen (secondary N) is 2. The first-order chi connectivity index (χ1) is 10.1. The van der Waals surface area contributed by atoms with Crippen molar-refractivity contribution in [2.24, 2.45) is 0 Å². The summed E-state index contributed by atoms with van der Waals surface area (Å²) in [6.45, 7) is 2.83. The smallest absolute Gasteiger partial charge is 0.255 e. The molecule has 0 aliphatic rings. The van der Waals surface area contributed by atoms with Crippen LogP contribution in [0.5, 0.6) is 0 Å². The summed E-state index contributed by atoms with van der Waals surface area (Å²) >= 11 is 6.03. The maximum absolute atomic E-state index is 12.1. The molecule has 0 saturated heterocycles. The third-order valence-electron chi connectivity index (χ3n) is 2.87. The standard InChI is InChI=1S/C16H14ClN3O/c1-2-19-13-6-4-12(5-7-13)16(21)20-15-8-3-11(10-18)9-14(15)17/h3-9,19H,2H2,1H3,(H,20,21). The number of amides is 1. The monoisotopic (exact) mass is 299 g/mol. The molecular formula is C16H14ClN3O.